The van der Waals surface area contributed by atoms with Gasteiger partial charge in [0.05, 0.1) is 16.2 Å². The van der Waals surface area contributed by atoms with E-state index in [1.54, 1.807) is 23.4 Å². The van der Waals surface area contributed by atoms with Gasteiger partial charge >= 0.3 is 0 Å². The molecule has 0 aliphatic heterocycles. The molecule has 0 bridgehead atoms. The predicted molar refractivity (Wildman–Crippen MR) is 116 cm³/mol. The molecule has 0 N–H and O–H groups in total. The van der Waals surface area contributed by atoms with Gasteiger partial charge in [0.25, 0.3) is 5.56 Å². The first kappa shape index (κ1) is 17.7. The van der Waals surface area contributed by atoms with E-state index >= 15 is 0 Å². The Hall–Kier alpha value is -3.38. The second kappa shape index (κ2) is 7.22. The monoisotopic (exact) mass is 398 g/mol. The Morgan fingerprint density at radius 3 is 2.03 bits per heavy atom. The molecule has 5 aromatic rings. The van der Waals surface area contributed by atoms with Crippen LogP contribution in [0.2, 0.25) is 0 Å². The molecule has 142 valence electrons. The maximum atomic E-state index is 12.7. The lowest BCUT2D eigenvalue weighted by atomic mass is 10.0. The first-order valence-electron chi connectivity index (χ1n) is 9.33. The zero-order valence-electron chi connectivity index (χ0n) is 15.8. The maximum Gasteiger partial charge on any atom is 0.262 e. The number of nitrogens with zero attached hydrogens (tertiary/aromatic N) is 4. The van der Waals surface area contributed by atoms with Crippen LogP contribution in [-0.2, 0) is 7.05 Å². The van der Waals surface area contributed by atoms with Crippen LogP contribution in [0, 0.1) is 0 Å². The van der Waals surface area contributed by atoms with Crippen LogP contribution in [-0.4, -0.2) is 19.2 Å². The average molecular weight is 398 g/mol. The fourth-order valence-corrected chi connectivity index (χ4v) is 4.75. The highest BCUT2D eigenvalue weighted by Gasteiger charge is 2.21. The summed E-state index contributed by atoms with van der Waals surface area (Å²) in [6, 6.07) is 28.3. The summed E-state index contributed by atoms with van der Waals surface area (Å²) in [6.45, 7) is 0. The number of hydrogen-bond acceptors (Lipinski definition) is 4. The third kappa shape index (κ3) is 3.02. The highest BCUT2D eigenvalue weighted by molar-refractivity contribution is 7.99. The number of para-hydroxylation sites is 1. The first-order chi connectivity index (χ1) is 14.2. The van der Waals surface area contributed by atoms with Gasteiger partial charge in [-0.15, -0.1) is 10.2 Å². The Kier molecular flexibility index (Phi) is 4.41. The van der Waals surface area contributed by atoms with Gasteiger partial charge in [-0.1, -0.05) is 84.6 Å². The van der Waals surface area contributed by atoms with E-state index in [1.165, 1.54) is 11.1 Å². The van der Waals surface area contributed by atoms with E-state index in [-0.39, 0.29) is 10.8 Å². The van der Waals surface area contributed by atoms with Gasteiger partial charge in [-0.05, 0) is 23.3 Å². The maximum absolute atomic E-state index is 12.7. The Morgan fingerprint density at radius 2 is 1.38 bits per heavy atom. The third-order valence-corrected chi connectivity index (χ3v) is 6.28. The Bertz CT molecular complexity index is 1320. The van der Waals surface area contributed by atoms with Gasteiger partial charge in [0, 0.05) is 7.05 Å². The van der Waals surface area contributed by atoms with Crippen LogP contribution in [0.15, 0.2) is 94.9 Å². The van der Waals surface area contributed by atoms with Crippen molar-refractivity contribution in [1.82, 2.24) is 19.2 Å². The standard InChI is InChI=1S/C23H18N4OS/c1-26-21(28)18-14-8-9-15-19(18)27-22(26)24-25-23(27)29-20(16-10-4-2-5-11-16)17-12-6-3-7-13-17/h2-15,20H,1H3. The van der Waals surface area contributed by atoms with Crippen molar-refractivity contribution in [2.24, 2.45) is 7.05 Å². The van der Waals surface area contributed by atoms with Crippen molar-refractivity contribution in [1.29, 1.82) is 0 Å². The predicted octanol–water partition coefficient (Wildman–Crippen LogP) is 4.46. The van der Waals surface area contributed by atoms with Crippen molar-refractivity contribution >= 4 is 28.4 Å². The minimum absolute atomic E-state index is 0.0563. The van der Waals surface area contributed by atoms with Gasteiger partial charge in [0.15, 0.2) is 5.16 Å². The Labute approximate surface area is 171 Å². The number of hydrogen-bond donors (Lipinski definition) is 0. The minimum atomic E-state index is -0.0697. The summed E-state index contributed by atoms with van der Waals surface area (Å²) in [7, 11) is 1.74. The number of rotatable bonds is 4. The largest absolute Gasteiger partial charge is 0.279 e. The van der Waals surface area contributed by atoms with Crippen molar-refractivity contribution in [3.05, 3.63) is 106 Å². The summed E-state index contributed by atoms with van der Waals surface area (Å²) in [5.41, 5.74) is 3.13. The quantitative estimate of drug-likeness (QED) is 0.419. The molecule has 5 nitrogen and oxygen atoms in total. The lowest BCUT2D eigenvalue weighted by molar-refractivity contribution is 0.853. The molecular weight excluding hydrogens is 380 g/mol. The van der Waals surface area contributed by atoms with Crippen LogP contribution >= 0.6 is 11.8 Å². The third-order valence-electron chi connectivity index (χ3n) is 5.02. The lowest BCUT2D eigenvalue weighted by Crippen LogP contribution is -2.20. The molecule has 0 atom stereocenters. The van der Waals surface area contributed by atoms with Crippen LogP contribution in [0.4, 0.5) is 0 Å². The molecule has 2 heterocycles. The molecule has 6 heteroatoms. The Morgan fingerprint density at radius 1 is 0.793 bits per heavy atom. The summed E-state index contributed by atoms with van der Waals surface area (Å²) in [5.74, 6) is 0.538. The number of thioether (sulfide) groups is 1. The smallest absolute Gasteiger partial charge is 0.262 e. The molecule has 2 aromatic heterocycles. The molecular formula is C23H18N4OS. The molecule has 0 unspecified atom stereocenters. The number of benzene rings is 3. The molecule has 29 heavy (non-hydrogen) atoms. The van der Waals surface area contributed by atoms with E-state index in [0.717, 1.165) is 10.7 Å². The average Bonchev–Trinajstić information content (AvgIpc) is 3.21. The van der Waals surface area contributed by atoms with Crippen molar-refractivity contribution in [3.8, 4) is 0 Å². The topological polar surface area (TPSA) is 52.2 Å². The van der Waals surface area contributed by atoms with Crippen LogP contribution in [0.25, 0.3) is 16.7 Å². The zero-order valence-corrected chi connectivity index (χ0v) is 16.6. The summed E-state index contributed by atoms with van der Waals surface area (Å²) in [4.78, 5) is 12.7. The summed E-state index contributed by atoms with van der Waals surface area (Å²) >= 11 is 1.63. The molecule has 0 aliphatic rings. The van der Waals surface area contributed by atoms with Gasteiger partial charge in [0.2, 0.25) is 5.78 Å². The highest BCUT2D eigenvalue weighted by Crippen LogP contribution is 2.40. The van der Waals surface area contributed by atoms with Gasteiger partial charge in [0.1, 0.15) is 0 Å². The number of fused-ring (bicyclic) bond motifs is 3. The molecule has 5 rings (SSSR count). The molecule has 0 saturated carbocycles. The van der Waals surface area contributed by atoms with Crippen molar-refractivity contribution in [2.45, 2.75) is 10.4 Å². The Balaban J connectivity index is 1.72. The van der Waals surface area contributed by atoms with Gasteiger partial charge in [-0.3, -0.25) is 13.8 Å². The SMILES string of the molecule is Cn1c(=O)c2ccccc2n2c(SC(c3ccccc3)c3ccccc3)nnc12. The van der Waals surface area contributed by atoms with Crippen LogP contribution in [0.3, 0.4) is 0 Å². The molecule has 0 saturated heterocycles. The van der Waals surface area contributed by atoms with Crippen LogP contribution in [0.5, 0.6) is 0 Å². The van der Waals surface area contributed by atoms with Crippen molar-refractivity contribution in [2.75, 3.05) is 0 Å². The number of aromatic nitrogens is 4. The molecule has 0 amide bonds. The normalized spacial score (nSPS) is 11.5. The summed E-state index contributed by atoms with van der Waals surface area (Å²) < 4.78 is 3.53. The molecule has 0 fully saturated rings. The fourth-order valence-electron chi connectivity index (χ4n) is 3.58. The van der Waals surface area contributed by atoms with Gasteiger partial charge in [-0.2, -0.15) is 0 Å². The van der Waals surface area contributed by atoms with E-state index in [1.807, 2.05) is 65.1 Å². The molecule has 3 aromatic carbocycles. The summed E-state index contributed by atoms with van der Waals surface area (Å²) in [5, 5.41) is 10.2. The second-order valence-electron chi connectivity index (χ2n) is 6.82. The van der Waals surface area contributed by atoms with E-state index in [2.05, 4.69) is 34.5 Å². The summed E-state index contributed by atoms with van der Waals surface area (Å²) in [6.07, 6.45) is 0. The molecule has 0 aliphatic carbocycles. The minimum Gasteiger partial charge on any atom is -0.279 e. The fraction of sp³-hybridized carbons (Fsp3) is 0.0870. The molecule has 0 radical (unpaired) electrons. The van der Waals surface area contributed by atoms with Crippen LogP contribution in [0.1, 0.15) is 16.4 Å². The van der Waals surface area contributed by atoms with E-state index in [0.29, 0.717) is 11.2 Å². The molecule has 0 spiro atoms. The van der Waals surface area contributed by atoms with E-state index < -0.39 is 0 Å². The highest BCUT2D eigenvalue weighted by atomic mass is 32.2. The number of aryl methyl sites for hydroxylation is 1. The zero-order chi connectivity index (χ0) is 19.8. The van der Waals surface area contributed by atoms with Gasteiger partial charge < -0.3 is 0 Å². The van der Waals surface area contributed by atoms with Crippen LogP contribution < -0.4 is 5.56 Å². The van der Waals surface area contributed by atoms with E-state index in [9.17, 15) is 4.79 Å². The van der Waals surface area contributed by atoms with E-state index in [4.69, 9.17) is 0 Å². The second-order valence-corrected chi connectivity index (χ2v) is 7.89. The lowest BCUT2D eigenvalue weighted by Gasteiger charge is -2.17. The first-order valence-corrected chi connectivity index (χ1v) is 10.2. The van der Waals surface area contributed by atoms with Crippen molar-refractivity contribution in [3.63, 3.8) is 0 Å². The van der Waals surface area contributed by atoms with Crippen molar-refractivity contribution < 1.29 is 0 Å². The van der Waals surface area contributed by atoms with Gasteiger partial charge in [-0.25, -0.2) is 0 Å².